The first-order valence-corrected chi connectivity index (χ1v) is 8.92. The van der Waals surface area contributed by atoms with Gasteiger partial charge in [0.05, 0.1) is 13.2 Å². The van der Waals surface area contributed by atoms with Crippen molar-refractivity contribution in [1.82, 2.24) is 10.6 Å². The van der Waals surface area contributed by atoms with Gasteiger partial charge in [-0.25, -0.2) is 8.78 Å². The summed E-state index contributed by atoms with van der Waals surface area (Å²) < 4.78 is 37.2. The van der Waals surface area contributed by atoms with Crippen molar-refractivity contribution in [2.24, 2.45) is 4.99 Å². The summed E-state index contributed by atoms with van der Waals surface area (Å²) in [6, 6.07) is 9.53. The molecule has 0 aliphatic carbocycles. The molecule has 0 saturated heterocycles. The Bertz CT molecular complexity index is 812. The van der Waals surface area contributed by atoms with Crippen molar-refractivity contribution in [3.05, 3.63) is 59.2 Å². The minimum Gasteiger partial charge on any atom is -0.493 e. The maximum atomic E-state index is 13.5. The van der Waals surface area contributed by atoms with Crippen molar-refractivity contribution < 1.29 is 18.3 Å². The average Bonchev–Trinajstić information content (AvgIpc) is 3.13. The number of nitrogens with one attached hydrogen (secondary N) is 2. The molecule has 2 N–H and O–H groups in total. The molecule has 0 bridgehead atoms. The third-order valence-corrected chi connectivity index (χ3v) is 4.23. The predicted octanol–water partition coefficient (Wildman–Crippen LogP) is 2.69. The van der Waals surface area contributed by atoms with E-state index in [0.29, 0.717) is 12.5 Å². The lowest BCUT2D eigenvalue weighted by atomic mass is 10.1. The number of ether oxygens (including phenoxy) is 2. The van der Waals surface area contributed by atoms with Crippen LogP contribution in [0, 0.1) is 11.6 Å². The van der Waals surface area contributed by atoms with Crippen LogP contribution in [0.2, 0.25) is 0 Å². The average molecular weight is 375 g/mol. The Morgan fingerprint density at radius 3 is 2.81 bits per heavy atom. The van der Waals surface area contributed by atoms with Crippen LogP contribution in [-0.4, -0.2) is 39.3 Å². The number of benzene rings is 2. The molecule has 2 aromatic carbocycles. The van der Waals surface area contributed by atoms with E-state index in [9.17, 15) is 8.78 Å². The van der Waals surface area contributed by atoms with E-state index in [1.807, 2.05) is 6.07 Å². The maximum Gasteiger partial charge on any atom is 0.191 e. The topological polar surface area (TPSA) is 54.9 Å². The fraction of sp³-hybridized carbons (Fsp3) is 0.350. The van der Waals surface area contributed by atoms with Crippen LogP contribution in [0.1, 0.15) is 11.1 Å². The van der Waals surface area contributed by atoms with Crippen LogP contribution in [-0.2, 0) is 12.8 Å². The molecule has 5 nitrogen and oxygen atoms in total. The van der Waals surface area contributed by atoms with Gasteiger partial charge in [-0.15, -0.1) is 0 Å². The van der Waals surface area contributed by atoms with Gasteiger partial charge in [-0.3, -0.25) is 4.99 Å². The lowest BCUT2D eigenvalue weighted by Crippen LogP contribution is -2.40. The summed E-state index contributed by atoms with van der Waals surface area (Å²) in [5.74, 6) is 0.321. The molecule has 3 rings (SSSR count). The van der Waals surface area contributed by atoms with Gasteiger partial charge in [-0.1, -0.05) is 12.1 Å². The molecule has 27 heavy (non-hydrogen) atoms. The van der Waals surface area contributed by atoms with Crippen molar-refractivity contribution >= 4 is 5.96 Å². The minimum absolute atomic E-state index is 0.0294. The molecular weight excluding hydrogens is 352 g/mol. The zero-order chi connectivity index (χ0) is 19.1. The van der Waals surface area contributed by atoms with Crippen molar-refractivity contribution in [3.8, 4) is 11.5 Å². The smallest absolute Gasteiger partial charge is 0.191 e. The second-order valence-corrected chi connectivity index (χ2v) is 6.14. The second kappa shape index (κ2) is 9.21. The van der Waals surface area contributed by atoms with Crippen LogP contribution in [0.4, 0.5) is 8.78 Å². The molecule has 0 saturated carbocycles. The van der Waals surface area contributed by atoms with Gasteiger partial charge < -0.3 is 20.1 Å². The Kier molecular flexibility index (Phi) is 6.46. The van der Waals surface area contributed by atoms with Gasteiger partial charge in [0.2, 0.25) is 0 Å². The molecule has 0 unspecified atom stereocenters. The SMILES string of the molecule is CN=C(NCCOc1ccc(F)cc1F)NCCc1ccc2c(c1)CCO2. The minimum atomic E-state index is -0.711. The molecule has 1 aliphatic heterocycles. The van der Waals surface area contributed by atoms with Crippen LogP contribution in [0.15, 0.2) is 41.4 Å². The van der Waals surface area contributed by atoms with E-state index in [-0.39, 0.29) is 12.4 Å². The normalized spacial score (nSPS) is 13.1. The molecule has 0 atom stereocenters. The third-order valence-electron chi connectivity index (χ3n) is 4.23. The monoisotopic (exact) mass is 375 g/mol. The maximum absolute atomic E-state index is 13.5. The van der Waals surface area contributed by atoms with E-state index < -0.39 is 11.6 Å². The Morgan fingerprint density at radius 1 is 1.15 bits per heavy atom. The molecular formula is C20H23F2N3O2. The number of halogens is 2. The molecule has 7 heteroatoms. The van der Waals surface area contributed by atoms with Gasteiger partial charge in [-0.2, -0.15) is 0 Å². The lowest BCUT2D eigenvalue weighted by molar-refractivity contribution is 0.304. The number of aliphatic imine (C=N–C) groups is 1. The highest BCUT2D eigenvalue weighted by atomic mass is 19.1. The molecule has 0 amide bonds. The first-order chi connectivity index (χ1) is 13.2. The van der Waals surface area contributed by atoms with Gasteiger partial charge in [-0.05, 0) is 35.7 Å². The molecule has 1 aliphatic rings. The molecule has 0 radical (unpaired) electrons. The highest BCUT2D eigenvalue weighted by molar-refractivity contribution is 5.79. The van der Waals surface area contributed by atoms with Crippen molar-refractivity contribution in [3.63, 3.8) is 0 Å². The number of guanidine groups is 1. The Labute approximate surface area is 157 Å². The summed E-state index contributed by atoms with van der Waals surface area (Å²) >= 11 is 0. The van der Waals surface area contributed by atoms with Gasteiger partial charge in [0.1, 0.15) is 18.2 Å². The van der Waals surface area contributed by atoms with E-state index in [1.54, 1.807) is 7.05 Å². The van der Waals surface area contributed by atoms with Crippen LogP contribution in [0.3, 0.4) is 0 Å². The molecule has 144 valence electrons. The third kappa shape index (κ3) is 5.32. The first-order valence-electron chi connectivity index (χ1n) is 8.92. The summed E-state index contributed by atoms with van der Waals surface area (Å²) in [5.41, 5.74) is 2.51. The second-order valence-electron chi connectivity index (χ2n) is 6.14. The molecule has 0 aromatic heterocycles. The van der Waals surface area contributed by atoms with Crippen LogP contribution in [0.25, 0.3) is 0 Å². The zero-order valence-electron chi connectivity index (χ0n) is 15.2. The van der Waals surface area contributed by atoms with E-state index >= 15 is 0 Å². The van der Waals surface area contributed by atoms with Crippen LogP contribution < -0.4 is 20.1 Å². The van der Waals surface area contributed by atoms with E-state index in [4.69, 9.17) is 9.47 Å². The Morgan fingerprint density at radius 2 is 2.00 bits per heavy atom. The van der Waals surface area contributed by atoms with E-state index in [1.165, 1.54) is 17.2 Å². The van der Waals surface area contributed by atoms with Crippen molar-refractivity contribution in [2.75, 3.05) is 33.4 Å². The summed E-state index contributed by atoms with van der Waals surface area (Å²) in [5, 5.41) is 6.33. The van der Waals surface area contributed by atoms with Crippen molar-refractivity contribution in [2.45, 2.75) is 12.8 Å². The standard InChI is InChI=1S/C20H23F2N3O2/c1-23-20(25-9-11-27-19-5-3-16(21)13-17(19)22)24-8-6-14-2-4-18-15(12-14)7-10-26-18/h2-5,12-13H,6-11H2,1H3,(H2,23,24,25). The number of hydrogen-bond acceptors (Lipinski definition) is 3. The number of rotatable bonds is 7. The predicted molar refractivity (Wildman–Crippen MR) is 101 cm³/mol. The molecule has 0 fully saturated rings. The summed E-state index contributed by atoms with van der Waals surface area (Å²) in [7, 11) is 1.68. The fourth-order valence-corrected chi connectivity index (χ4v) is 2.86. The highest BCUT2D eigenvalue weighted by Gasteiger charge is 2.11. The van der Waals surface area contributed by atoms with Crippen LogP contribution in [0.5, 0.6) is 11.5 Å². The van der Waals surface area contributed by atoms with Crippen molar-refractivity contribution in [1.29, 1.82) is 0 Å². The quantitative estimate of drug-likeness (QED) is 0.444. The van der Waals surface area contributed by atoms with Gasteiger partial charge in [0.25, 0.3) is 0 Å². The number of nitrogens with zero attached hydrogens (tertiary/aromatic N) is 1. The fourth-order valence-electron chi connectivity index (χ4n) is 2.86. The Balaban J connectivity index is 1.37. The van der Waals surface area contributed by atoms with Gasteiger partial charge in [0.15, 0.2) is 17.5 Å². The van der Waals surface area contributed by atoms with Gasteiger partial charge in [0, 0.05) is 26.1 Å². The zero-order valence-corrected chi connectivity index (χ0v) is 15.2. The summed E-state index contributed by atoms with van der Waals surface area (Å²) in [4.78, 5) is 4.15. The van der Waals surface area contributed by atoms with E-state index in [2.05, 4.69) is 27.8 Å². The van der Waals surface area contributed by atoms with Gasteiger partial charge >= 0.3 is 0 Å². The largest absolute Gasteiger partial charge is 0.493 e. The summed E-state index contributed by atoms with van der Waals surface area (Å²) in [6.07, 6.45) is 1.83. The molecule has 1 heterocycles. The lowest BCUT2D eigenvalue weighted by Gasteiger charge is -2.13. The van der Waals surface area contributed by atoms with Crippen LogP contribution >= 0.6 is 0 Å². The molecule has 2 aromatic rings. The van der Waals surface area contributed by atoms with E-state index in [0.717, 1.165) is 43.9 Å². The first kappa shape index (κ1) is 18.9. The number of fused-ring (bicyclic) bond motifs is 1. The molecule has 0 spiro atoms. The number of hydrogen-bond donors (Lipinski definition) is 2. The Hall–Kier alpha value is -2.83. The summed E-state index contributed by atoms with van der Waals surface area (Å²) in [6.45, 7) is 2.16. The highest BCUT2D eigenvalue weighted by Crippen LogP contribution is 2.25.